The lowest BCUT2D eigenvalue weighted by atomic mass is 10.1. The molecule has 140 valence electrons. The molecule has 2 aliphatic heterocycles. The van der Waals surface area contributed by atoms with E-state index in [-0.39, 0.29) is 31.0 Å². The first-order valence-corrected chi connectivity index (χ1v) is 9.17. The number of nitrogens with one attached hydrogen (secondary N) is 1. The molecule has 2 aliphatic rings. The Morgan fingerprint density at radius 3 is 2.89 bits per heavy atom. The smallest absolute Gasteiger partial charge is 0.255 e. The third kappa shape index (κ3) is 3.38. The standard InChI is InChI=1S/C20H22N4O3/c25-13-16-7-4-8-23(16)20(27)15-9-17-19(21-10-15)22-11-18(26)24(17)12-14-5-2-1-3-6-14/h1-3,5-6,9-10,16,25H,4,7-8,11-13H2,(H,21,22)/t16-/m1/s1. The van der Waals surface area contributed by atoms with Crippen LogP contribution in [0.5, 0.6) is 0 Å². The zero-order valence-electron chi connectivity index (χ0n) is 15.0. The van der Waals surface area contributed by atoms with Gasteiger partial charge in [-0.3, -0.25) is 9.59 Å². The molecule has 3 heterocycles. The molecule has 7 nitrogen and oxygen atoms in total. The number of hydrogen-bond donors (Lipinski definition) is 2. The van der Waals surface area contributed by atoms with E-state index < -0.39 is 0 Å². The Bertz CT molecular complexity index is 856. The summed E-state index contributed by atoms with van der Waals surface area (Å²) in [6.07, 6.45) is 3.23. The van der Waals surface area contributed by atoms with Gasteiger partial charge in [0, 0.05) is 12.7 Å². The summed E-state index contributed by atoms with van der Waals surface area (Å²) in [4.78, 5) is 33.1. The van der Waals surface area contributed by atoms with E-state index in [0.717, 1.165) is 18.4 Å². The van der Waals surface area contributed by atoms with Crippen LogP contribution < -0.4 is 10.2 Å². The van der Waals surface area contributed by atoms with E-state index in [1.54, 1.807) is 15.9 Å². The van der Waals surface area contributed by atoms with Crippen molar-refractivity contribution in [3.63, 3.8) is 0 Å². The summed E-state index contributed by atoms with van der Waals surface area (Å²) in [5.41, 5.74) is 2.06. The highest BCUT2D eigenvalue weighted by atomic mass is 16.3. The number of fused-ring (bicyclic) bond motifs is 1. The lowest BCUT2D eigenvalue weighted by molar-refractivity contribution is -0.117. The fraction of sp³-hybridized carbons (Fsp3) is 0.350. The molecule has 2 aromatic rings. The first-order chi connectivity index (χ1) is 13.2. The second-order valence-electron chi connectivity index (χ2n) is 6.89. The maximum Gasteiger partial charge on any atom is 0.255 e. The molecule has 0 spiro atoms. The van der Waals surface area contributed by atoms with Crippen LogP contribution in [0.3, 0.4) is 0 Å². The Labute approximate surface area is 157 Å². The highest BCUT2D eigenvalue weighted by Crippen LogP contribution is 2.31. The number of benzene rings is 1. The molecule has 2 amide bonds. The molecule has 1 fully saturated rings. The molecule has 27 heavy (non-hydrogen) atoms. The van der Waals surface area contributed by atoms with Crippen LogP contribution in [0.4, 0.5) is 11.5 Å². The molecule has 1 saturated heterocycles. The van der Waals surface area contributed by atoms with Crippen LogP contribution in [-0.4, -0.2) is 52.5 Å². The van der Waals surface area contributed by atoms with Crippen molar-refractivity contribution in [3.05, 3.63) is 53.7 Å². The molecular weight excluding hydrogens is 344 g/mol. The number of pyridine rings is 1. The number of likely N-dealkylation sites (tertiary alicyclic amines) is 1. The molecule has 2 N–H and O–H groups in total. The van der Waals surface area contributed by atoms with Gasteiger partial charge in [-0.25, -0.2) is 4.98 Å². The van der Waals surface area contributed by atoms with Gasteiger partial charge in [-0.05, 0) is 24.5 Å². The van der Waals surface area contributed by atoms with Crippen LogP contribution in [0.2, 0.25) is 0 Å². The van der Waals surface area contributed by atoms with Gasteiger partial charge in [0.2, 0.25) is 5.91 Å². The van der Waals surface area contributed by atoms with E-state index in [0.29, 0.717) is 30.2 Å². The largest absolute Gasteiger partial charge is 0.394 e. The van der Waals surface area contributed by atoms with Gasteiger partial charge in [0.1, 0.15) is 0 Å². The van der Waals surface area contributed by atoms with Crippen molar-refractivity contribution in [3.8, 4) is 0 Å². The fourth-order valence-corrected chi connectivity index (χ4v) is 3.70. The number of carbonyl (C=O) groups is 2. The number of aromatic nitrogens is 1. The molecule has 4 rings (SSSR count). The predicted molar refractivity (Wildman–Crippen MR) is 102 cm³/mol. The summed E-state index contributed by atoms with van der Waals surface area (Å²) in [6, 6.07) is 11.3. The highest BCUT2D eigenvalue weighted by molar-refractivity contribution is 6.04. The van der Waals surface area contributed by atoms with Crippen molar-refractivity contribution in [2.24, 2.45) is 0 Å². The molecule has 1 aromatic carbocycles. The number of anilines is 2. The molecular formula is C20H22N4O3. The molecule has 0 unspecified atom stereocenters. The number of hydrogen-bond acceptors (Lipinski definition) is 5. The van der Waals surface area contributed by atoms with Gasteiger partial charge in [-0.1, -0.05) is 30.3 Å². The van der Waals surface area contributed by atoms with Crippen LogP contribution >= 0.6 is 0 Å². The quantitative estimate of drug-likeness (QED) is 0.859. The molecule has 0 saturated carbocycles. The average molecular weight is 366 g/mol. The topological polar surface area (TPSA) is 85.8 Å². The number of amides is 2. The van der Waals surface area contributed by atoms with Crippen LogP contribution in [0.25, 0.3) is 0 Å². The van der Waals surface area contributed by atoms with E-state index in [1.165, 1.54) is 6.20 Å². The maximum absolute atomic E-state index is 12.9. The zero-order chi connectivity index (χ0) is 18.8. The van der Waals surface area contributed by atoms with E-state index in [2.05, 4.69) is 10.3 Å². The first kappa shape index (κ1) is 17.5. The zero-order valence-corrected chi connectivity index (χ0v) is 15.0. The van der Waals surface area contributed by atoms with Crippen molar-refractivity contribution in [1.29, 1.82) is 0 Å². The van der Waals surface area contributed by atoms with Crippen molar-refractivity contribution >= 4 is 23.3 Å². The van der Waals surface area contributed by atoms with Gasteiger partial charge in [-0.2, -0.15) is 0 Å². The van der Waals surface area contributed by atoms with Gasteiger partial charge in [0.25, 0.3) is 5.91 Å². The van der Waals surface area contributed by atoms with Crippen molar-refractivity contribution in [1.82, 2.24) is 9.88 Å². The highest BCUT2D eigenvalue weighted by Gasteiger charge is 2.31. The van der Waals surface area contributed by atoms with Gasteiger partial charge in [0.15, 0.2) is 5.82 Å². The molecule has 0 aliphatic carbocycles. The van der Waals surface area contributed by atoms with Crippen molar-refractivity contribution < 1.29 is 14.7 Å². The summed E-state index contributed by atoms with van der Waals surface area (Å²) >= 11 is 0. The monoisotopic (exact) mass is 366 g/mol. The van der Waals surface area contributed by atoms with Crippen molar-refractivity contribution in [2.75, 3.05) is 29.9 Å². The summed E-state index contributed by atoms with van der Waals surface area (Å²) in [5, 5.41) is 12.5. The van der Waals surface area contributed by atoms with E-state index in [4.69, 9.17) is 0 Å². The second-order valence-corrected chi connectivity index (χ2v) is 6.89. The molecule has 0 bridgehead atoms. The third-order valence-electron chi connectivity index (χ3n) is 5.15. The van der Waals surface area contributed by atoms with E-state index in [1.807, 2.05) is 30.3 Å². The molecule has 1 atom stereocenters. The van der Waals surface area contributed by atoms with Gasteiger partial charge >= 0.3 is 0 Å². The van der Waals surface area contributed by atoms with Crippen LogP contribution in [0.15, 0.2) is 42.6 Å². The minimum Gasteiger partial charge on any atom is -0.394 e. The summed E-state index contributed by atoms with van der Waals surface area (Å²) in [6.45, 7) is 1.20. The maximum atomic E-state index is 12.9. The Hall–Kier alpha value is -2.93. The van der Waals surface area contributed by atoms with E-state index >= 15 is 0 Å². The molecule has 0 radical (unpaired) electrons. The fourth-order valence-electron chi connectivity index (χ4n) is 3.70. The normalized spacial score (nSPS) is 19.0. The Morgan fingerprint density at radius 1 is 1.30 bits per heavy atom. The number of aliphatic hydroxyl groups is 1. The van der Waals surface area contributed by atoms with Crippen LogP contribution in [0, 0.1) is 0 Å². The lowest BCUT2D eigenvalue weighted by Crippen LogP contribution is -2.41. The molecule has 7 heteroatoms. The van der Waals surface area contributed by atoms with Gasteiger partial charge < -0.3 is 20.2 Å². The van der Waals surface area contributed by atoms with Crippen LogP contribution in [-0.2, 0) is 11.3 Å². The average Bonchev–Trinajstić information content (AvgIpc) is 3.19. The summed E-state index contributed by atoms with van der Waals surface area (Å²) in [7, 11) is 0. The van der Waals surface area contributed by atoms with Crippen molar-refractivity contribution in [2.45, 2.75) is 25.4 Å². The number of rotatable bonds is 4. The van der Waals surface area contributed by atoms with E-state index in [9.17, 15) is 14.7 Å². The number of aliphatic hydroxyl groups excluding tert-OH is 1. The SMILES string of the molecule is O=C1CNc2ncc(C(=O)N3CCC[C@@H]3CO)cc2N1Cc1ccccc1. The minimum absolute atomic E-state index is 0.0374. The molecule has 1 aromatic heterocycles. The lowest BCUT2D eigenvalue weighted by Gasteiger charge is -2.30. The summed E-state index contributed by atoms with van der Waals surface area (Å²) in [5.74, 6) is 0.383. The van der Waals surface area contributed by atoms with Gasteiger partial charge in [-0.15, -0.1) is 0 Å². The Kier molecular flexibility index (Phi) is 4.77. The Balaban J connectivity index is 1.64. The Morgan fingerprint density at radius 2 is 2.11 bits per heavy atom. The van der Waals surface area contributed by atoms with Gasteiger partial charge in [0.05, 0.1) is 37.0 Å². The number of nitrogens with zero attached hydrogens (tertiary/aromatic N) is 3. The predicted octanol–water partition coefficient (Wildman–Crippen LogP) is 1.64. The third-order valence-corrected chi connectivity index (χ3v) is 5.15. The van der Waals surface area contributed by atoms with Crippen LogP contribution in [0.1, 0.15) is 28.8 Å². The summed E-state index contributed by atoms with van der Waals surface area (Å²) < 4.78 is 0. The first-order valence-electron chi connectivity index (χ1n) is 9.17. The minimum atomic E-state index is -0.153. The number of carbonyl (C=O) groups excluding carboxylic acids is 2. The second kappa shape index (κ2) is 7.36.